The van der Waals surface area contributed by atoms with Crippen LogP contribution in [0.4, 0.5) is 0 Å². The highest BCUT2D eigenvalue weighted by atomic mass is 32.2. The van der Waals surface area contributed by atoms with Gasteiger partial charge in [-0.25, -0.2) is 8.42 Å². The van der Waals surface area contributed by atoms with Crippen molar-refractivity contribution in [3.05, 3.63) is 12.7 Å². The van der Waals surface area contributed by atoms with Gasteiger partial charge in [-0.05, 0) is 44.6 Å². The molecule has 0 radical (unpaired) electrons. The van der Waals surface area contributed by atoms with Gasteiger partial charge in [0.1, 0.15) is 0 Å². The third kappa shape index (κ3) is 5.68. The van der Waals surface area contributed by atoms with Crippen LogP contribution in [0.15, 0.2) is 12.7 Å². The summed E-state index contributed by atoms with van der Waals surface area (Å²) < 4.78 is 22.8. The van der Waals surface area contributed by atoms with E-state index in [1.54, 1.807) is 0 Å². The fourth-order valence-corrected chi connectivity index (χ4v) is 4.31. The Kier molecular flexibility index (Phi) is 6.20. The van der Waals surface area contributed by atoms with Gasteiger partial charge in [-0.3, -0.25) is 0 Å². The summed E-state index contributed by atoms with van der Waals surface area (Å²) in [6.45, 7) is 6.91. The molecule has 0 aliphatic carbocycles. The molecule has 1 fully saturated rings. The molecule has 1 aliphatic rings. The molecule has 0 aromatic heterocycles. The molecule has 0 amide bonds. The van der Waals surface area contributed by atoms with Crippen molar-refractivity contribution in [1.82, 2.24) is 5.32 Å². The van der Waals surface area contributed by atoms with Crippen molar-refractivity contribution in [2.45, 2.75) is 45.1 Å². The molecule has 3 nitrogen and oxygen atoms in total. The predicted molar refractivity (Wildman–Crippen MR) is 72.9 cm³/mol. The van der Waals surface area contributed by atoms with Gasteiger partial charge in [0, 0.05) is 6.04 Å². The smallest absolute Gasteiger partial charge is 0.150 e. The molecule has 17 heavy (non-hydrogen) atoms. The Labute approximate surface area is 106 Å². The van der Waals surface area contributed by atoms with Crippen LogP contribution in [0.3, 0.4) is 0 Å². The summed E-state index contributed by atoms with van der Waals surface area (Å²) in [6.07, 6.45) is 6.97. The molecular formula is C13H25NO2S. The molecule has 0 aromatic rings. The molecule has 0 saturated carbocycles. The largest absolute Gasteiger partial charge is 0.314 e. The lowest BCUT2D eigenvalue weighted by atomic mass is 9.96. The maximum Gasteiger partial charge on any atom is 0.150 e. The van der Waals surface area contributed by atoms with E-state index in [0.717, 1.165) is 38.6 Å². The first-order valence-corrected chi connectivity index (χ1v) is 8.44. The predicted octanol–water partition coefficient (Wildman–Crippen LogP) is 2.15. The van der Waals surface area contributed by atoms with Crippen molar-refractivity contribution >= 4 is 9.84 Å². The summed E-state index contributed by atoms with van der Waals surface area (Å²) in [6, 6.07) is 0.450. The fraction of sp³-hybridized carbons (Fsp3) is 0.846. The van der Waals surface area contributed by atoms with E-state index in [9.17, 15) is 8.42 Å². The minimum atomic E-state index is -2.73. The van der Waals surface area contributed by atoms with Crippen molar-refractivity contribution in [1.29, 1.82) is 0 Å². The lowest BCUT2D eigenvalue weighted by Gasteiger charge is -2.20. The maximum absolute atomic E-state index is 11.4. The Morgan fingerprint density at radius 3 is 2.82 bits per heavy atom. The Bertz CT molecular complexity index is 324. The average molecular weight is 259 g/mol. The van der Waals surface area contributed by atoms with Crippen LogP contribution in [0.5, 0.6) is 0 Å². The van der Waals surface area contributed by atoms with Crippen LogP contribution in [0.2, 0.25) is 0 Å². The van der Waals surface area contributed by atoms with Crippen molar-refractivity contribution in [2.24, 2.45) is 5.92 Å². The molecule has 1 heterocycles. The standard InChI is InChI=1S/C13H25NO2S/c1-3-5-6-13(14-8-4-2)10-12-7-9-17(15,16)11-12/h3,12-14H,1,4-11H2,2H3. The number of nitrogens with one attached hydrogen (secondary N) is 1. The van der Waals surface area contributed by atoms with E-state index in [-0.39, 0.29) is 0 Å². The Balaban J connectivity index is 2.39. The van der Waals surface area contributed by atoms with Gasteiger partial charge in [0.2, 0.25) is 0 Å². The molecule has 2 atom stereocenters. The minimum absolute atomic E-state index is 0.360. The molecule has 1 saturated heterocycles. The van der Waals surface area contributed by atoms with Gasteiger partial charge in [0.25, 0.3) is 0 Å². The molecule has 1 N–H and O–H groups in total. The molecule has 0 spiro atoms. The topological polar surface area (TPSA) is 46.2 Å². The number of hydrogen-bond donors (Lipinski definition) is 1. The van der Waals surface area contributed by atoms with Crippen LogP contribution in [0.25, 0.3) is 0 Å². The summed E-state index contributed by atoms with van der Waals surface area (Å²) in [5.41, 5.74) is 0. The zero-order chi connectivity index (χ0) is 12.7. The molecule has 2 unspecified atom stereocenters. The van der Waals surface area contributed by atoms with Crippen molar-refractivity contribution in [2.75, 3.05) is 18.1 Å². The molecule has 4 heteroatoms. The molecule has 0 bridgehead atoms. The highest BCUT2D eigenvalue weighted by Gasteiger charge is 2.29. The SMILES string of the molecule is C=CCCC(CC1CCS(=O)(=O)C1)NCCC. The van der Waals surface area contributed by atoms with E-state index >= 15 is 0 Å². The quantitative estimate of drug-likeness (QED) is 0.679. The van der Waals surface area contributed by atoms with Gasteiger partial charge < -0.3 is 5.32 Å². The first-order valence-electron chi connectivity index (χ1n) is 6.62. The maximum atomic E-state index is 11.4. The van der Waals surface area contributed by atoms with E-state index in [2.05, 4.69) is 18.8 Å². The summed E-state index contributed by atoms with van der Waals surface area (Å²) >= 11 is 0. The van der Waals surface area contributed by atoms with Crippen LogP contribution in [0, 0.1) is 5.92 Å². The van der Waals surface area contributed by atoms with E-state index < -0.39 is 9.84 Å². The second-order valence-electron chi connectivity index (χ2n) is 5.02. The second kappa shape index (κ2) is 7.17. The lowest BCUT2D eigenvalue weighted by molar-refractivity contribution is 0.389. The average Bonchev–Trinajstić information content (AvgIpc) is 2.62. The molecule has 1 aliphatic heterocycles. The minimum Gasteiger partial charge on any atom is -0.314 e. The fourth-order valence-electron chi connectivity index (χ4n) is 2.43. The number of rotatable bonds is 8. The van der Waals surface area contributed by atoms with Crippen LogP contribution in [-0.4, -0.2) is 32.5 Å². The Morgan fingerprint density at radius 2 is 2.29 bits per heavy atom. The van der Waals surface area contributed by atoms with Gasteiger partial charge >= 0.3 is 0 Å². The summed E-state index contributed by atoms with van der Waals surface area (Å²) in [5.74, 6) is 1.14. The van der Waals surface area contributed by atoms with Crippen molar-refractivity contribution in [3.63, 3.8) is 0 Å². The molecule has 100 valence electrons. The highest BCUT2D eigenvalue weighted by molar-refractivity contribution is 7.91. The van der Waals surface area contributed by atoms with Crippen molar-refractivity contribution < 1.29 is 8.42 Å². The first-order chi connectivity index (χ1) is 8.07. The zero-order valence-corrected chi connectivity index (χ0v) is 11.6. The number of allylic oxidation sites excluding steroid dienone is 1. The van der Waals surface area contributed by atoms with Crippen LogP contribution < -0.4 is 5.32 Å². The van der Waals surface area contributed by atoms with Crippen LogP contribution >= 0.6 is 0 Å². The van der Waals surface area contributed by atoms with Crippen LogP contribution in [0.1, 0.15) is 39.0 Å². The van der Waals surface area contributed by atoms with E-state index in [0.29, 0.717) is 23.5 Å². The van der Waals surface area contributed by atoms with E-state index in [4.69, 9.17) is 0 Å². The normalized spacial score (nSPS) is 24.6. The number of hydrogen-bond acceptors (Lipinski definition) is 3. The summed E-state index contributed by atoms with van der Waals surface area (Å²) in [7, 11) is -2.73. The Morgan fingerprint density at radius 1 is 1.53 bits per heavy atom. The van der Waals surface area contributed by atoms with Gasteiger partial charge in [-0.1, -0.05) is 13.0 Å². The van der Waals surface area contributed by atoms with E-state index in [1.807, 2.05) is 6.08 Å². The second-order valence-corrected chi connectivity index (χ2v) is 7.25. The lowest BCUT2D eigenvalue weighted by Crippen LogP contribution is -2.32. The molecule has 1 rings (SSSR count). The molecular weight excluding hydrogens is 234 g/mol. The number of sulfone groups is 1. The van der Waals surface area contributed by atoms with E-state index in [1.165, 1.54) is 0 Å². The van der Waals surface area contributed by atoms with Crippen molar-refractivity contribution in [3.8, 4) is 0 Å². The van der Waals surface area contributed by atoms with Gasteiger partial charge in [0.05, 0.1) is 11.5 Å². The molecule has 0 aromatic carbocycles. The first kappa shape index (κ1) is 14.7. The van der Waals surface area contributed by atoms with Gasteiger partial charge in [0.15, 0.2) is 9.84 Å². The van der Waals surface area contributed by atoms with Crippen LogP contribution in [-0.2, 0) is 9.84 Å². The monoisotopic (exact) mass is 259 g/mol. The third-order valence-corrected chi connectivity index (χ3v) is 5.18. The Hall–Kier alpha value is -0.350. The summed E-state index contributed by atoms with van der Waals surface area (Å²) in [5, 5.41) is 3.52. The zero-order valence-electron chi connectivity index (χ0n) is 10.8. The van der Waals surface area contributed by atoms with Gasteiger partial charge in [-0.2, -0.15) is 0 Å². The third-order valence-electron chi connectivity index (χ3n) is 3.35. The highest BCUT2D eigenvalue weighted by Crippen LogP contribution is 2.24. The summed E-state index contributed by atoms with van der Waals surface area (Å²) in [4.78, 5) is 0. The van der Waals surface area contributed by atoms with Gasteiger partial charge in [-0.15, -0.1) is 6.58 Å².